The van der Waals surface area contributed by atoms with Crippen molar-refractivity contribution in [2.45, 2.75) is 13.5 Å². The van der Waals surface area contributed by atoms with Gasteiger partial charge in [0.15, 0.2) is 0 Å². The van der Waals surface area contributed by atoms with E-state index in [-0.39, 0.29) is 5.82 Å². The van der Waals surface area contributed by atoms with E-state index in [9.17, 15) is 9.18 Å². The molecule has 0 amide bonds. The van der Waals surface area contributed by atoms with Gasteiger partial charge >= 0.3 is 5.97 Å². The van der Waals surface area contributed by atoms with Crippen LogP contribution in [0.3, 0.4) is 0 Å². The number of rotatable bonds is 4. The summed E-state index contributed by atoms with van der Waals surface area (Å²) < 4.78 is 17.6. The monoisotopic (exact) mass is 262 g/mol. The summed E-state index contributed by atoms with van der Waals surface area (Å²) >= 11 is 0. The van der Waals surface area contributed by atoms with Crippen LogP contribution in [0.4, 0.5) is 10.1 Å². The Morgan fingerprint density at radius 3 is 2.84 bits per heavy atom. The molecule has 2 aromatic rings. The number of aryl methyl sites for hydroxylation is 1. The van der Waals surface area contributed by atoms with Gasteiger partial charge in [-0.3, -0.25) is 0 Å². The number of benzene rings is 1. The highest BCUT2D eigenvalue weighted by molar-refractivity contribution is 5.87. The van der Waals surface area contributed by atoms with Gasteiger partial charge in [0.25, 0.3) is 0 Å². The lowest BCUT2D eigenvalue weighted by Crippen LogP contribution is -2.04. The predicted octanol–water partition coefficient (Wildman–Crippen LogP) is 2.86. The Morgan fingerprint density at radius 2 is 2.16 bits per heavy atom. The molecule has 0 unspecified atom stereocenters. The third-order valence-corrected chi connectivity index (χ3v) is 2.81. The number of hydrogen-bond acceptors (Lipinski definition) is 3. The van der Waals surface area contributed by atoms with Gasteiger partial charge in [-0.2, -0.15) is 0 Å². The summed E-state index contributed by atoms with van der Waals surface area (Å²) in [6.07, 6.45) is 0. The molecular formula is C14H15FN2O2. The topological polar surface area (TPSA) is 54.1 Å². The molecule has 0 radical (unpaired) electrons. The molecule has 2 N–H and O–H groups in total. The maximum Gasteiger partial charge on any atom is 0.354 e. The molecule has 0 fully saturated rings. The van der Waals surface area contributed by atoms with Crippen LogP contribution in [0.15, 0.2) is 30.3 Å². The zero-order valence-corrected chi connectivity index (χ0v) is 10.8. The first kappa shape index (κ1) is 13.1. The summed E-state index contributed by atoms with van der Waals surface area (Å²) in [6.45, 7) is 2.35. The molecule has 0 atom stereocenters. The van der Waals surface area contributed by atoms with Gasteiger partial charge in [0.05, 0.1) is 13.7 Å². The van der Waals surface area contributed by atoms with Gasteiger partial charge in [0, 0.05) is 11.4 Å². The number of carbonyl (C=O) groups is 1. The third-order valence-electron chi connectivity index (χ3n) is 2.81. The summed E-state index contributed by atoms with van der Waals surface area (Å²) in [6, 6.07) is 8.04. The molecular weight excluding hydrogens is 247 g/mol. The van der Waals surface area contributed by atoms with E-state index >= 15 is 0 Å². The molecule has 100 valence electrons. The molecule has 1 heterocycles. The van der Waals surface area contributed by atoms with E-state index < -0.39 is 5.97 Å². The number of aromatic nitrogens is 1. The Morgan fingerprint density at radius 1 is 1.37 bits per heavy atom. The van der Waals surface area contributed by atoms with E-state index in [1.54, 1.807) is 18.2 Å². The van der Waals surface area contributed by atoms with Crippen molar-refractivity contribution >= 4 is 11.7 Å². The fraction of sp³-hybridized carbons (Fsp3) is 0.214. The van der Waals surface area contributed by atoms with E-state index in [0.29, 0.717) is 12.2 Å². The predicted molar refractivity (Wildman–Crippen MR) is 70.6 cm³/mol. The standard InChI is InChI=1S/C14H15FN2O2/c1-9-7-10(15)3-5-12(9)16-8-11-4-6-13(17-11)14(18)19-2/h3-7,16-17H,8H2,1-2H3. The van der Waals surface area contributed by atoms with Crippen molar-refractivity contribution in [2.24, 2.45) is 0 Å². The molecule has 2 rings (SSSR count). The van der Waals surface area contributed by atoms with Crippen LogP contribution in [0.2, 0.25) is 0 Å². The number of anilines is 1. The van der Waals surface area contributed by atoms with Crippen LogP contribution in [-0.4, -0.2) is 18.1 Å². The number of hydrogen-bond donors (Lipinski definition) is 2. The van der Waals surface area contributed by atoms with Gasteiger partial charge in [-0.25, -0.2) is 9.18 Å². The molecule has 0 aliphatic carbocycles. The van der Waals surface area contributed by atoms with Crippen LogP contribution < -0.4 is 5.32 Å². The largest absolute Gasteiger partial charge is 0.464 e. The lowest BCUT2D eigenvalue weighted by atomic mass is 10.2. The second-order valence-electron chi connectivity index (χ2n) is 4.20. The lowest BCUT2D eigenvalue weighted by molar-refractivity contribution is 0.0594. The van der Waals surface area contributed by atoms with Gasteiger partial charge in [-0.05, 0) is 42.8 Å². The highest BCUT2D eigenvalue weighted by atomic mass is 19.1. The molecule has 0 saturated heterocycles. The van der Waals surface area contributed by atoms with E-state index in [1.807, 2.05) is 6.92 Å². The zero-order valence-electron chi connectivity index (χ0n) is 10.8. The lowest BCUT2D eigenvalue weighted by Gasteiger charge is -2.08. The summed E-state index contributed by atoms with van der Waals surface area (Å²) in [5.74, 6) is -0.653. The summed E-state index contributed by atoms with van der Waals surface area (Å²) in [4.78, 5) is 14.2. The van der Waals surface area contributed by atoms with E-state index in [4.69, 9.17) is 0 Å². The second kappa shape index (κ2) is 5.56. The minimum atomic E-state index is -0.399. The number of esters is 1. The van der Waals surface area contributed by atoms with Crippen LogP contribution in [0.5, 0.6) is 0 Å². The fourth-order valence-electron chi connectivity index (χ4n) is 1.79. The number of H-pyrrole nitrogens is 1. The van der Waals surface area contributed by atoms with E-state index in [2.05, 4.69) is 15.0 Å². The number of nitrogens with one attached hydrogen (secondary N) is 2. The smallest absolute Gasteiger partial charge is 0.354 e. The molecule has 5 heteroatoms. The van der Waals surface area contributed by atoms with Gasteiger partial charge < -0.3 is 15.0 Å². The minimum absolute atomic E-state index is 0.254. The quantitative estimate of drug-likeness (QED) is 0.833. The van der Waals surface area contributed by atoms with Crippen LogP contribution in [0.25, 0.3) is 0 Å². The third kappa shape index (κ3) is 3.13. The highest BCUT2D eigenvalue weighted by Gasteiger charge is 2.08. The van der Waals surface area contributed by atoms with Crippen LogP contribution in [-0.2, 0) is 11.3 Å². The Bertz CT molecular complexity index is 593. The average Bonchev–Trinajstić information content (AvgIpc) is 2.85. The summed E-state index contributed by atoms with van der Waals surface area (Å²) in [5.41, 5.74) is 2.95. The number of ether oxygens (including phenoxy) is 1. The first-order valence-electron chi connectivity index (χ1n) is 5.86. The molecule has 4 nitrogen and oxygen atoms in total. The maximum atomic E-state index is 13.0. The Balaban J connectivity index is 2.02. The highest BCUT2D eigenvalue weighted by Crippen LogP contribution is 2.16. The normalized spacial score (nSPS) is 10.3. The van der Waals surface area contributed by atoms with E-state index in [1.165, 1.54) is 19.2 Å². The Labute approximate surface area is 110 Å². The molecule has 1 aromatic carbocycles. The van der Waals surface area contributed by atoms with Gasteiger partial charge in [0.2, 0.25) is 0 Å². The molecule has 0 bridgehead atoms. The second-order valence-corrected chi connectivity index (χ2v) is 4.20. The number of aromatic amines is 1. The van der Waals surface area contributed by atoms with Gasteiger partial charge in [-0.1, -0.05) is 0 Å². The van der Waals surface area contributed by atoms with Crippen molar-refractivity contribution in [3.8, 4) is 0 Å². The minimum Gasteiger partial charge on any atom is -0.464 e. The van der Waals surface area contributed by atoms with Crippen LogP contribution in [0, 0.1) is 12.7 Å². The van der Waals surface area contributed by atoms with E-state index in [0.717, 1.165) is 16.9 Å². The van der Waals surface area contributed by atoms with Gasteiger partial charge in [-0.15, -0.1) is 0 Å². The molecule has 1 aromatic heterocycles. The van der Waals surface area contributed by atoms with Crippen molar-refractivity contribution in [3.05, 3.63) is 53.1 Å². The first-order chi connectivity index (χ1) is 9.10. The van der Waals surface area contributed by atoms with Crippen LogP contribution >= 0.6 is 0 Å². The molecule has 0 saturated carbocycles. The zero-order chi connectivity index (χ0) is 13.8. The SMILES string of the molecule is COC(=O)c1ccc(CNc2ccc(F)cc2C)[nH]1. The first-order valence-corrected chi connectivity index (χ1v) is 5.86. The number of methoxy groups -OCH3 is 1. The van der Waals surface area contributed by atoms with Crippen molar-refractivity contribution in [1.82, 2.24) is 4.98 Å². The van der Waals surface area contributed by atoms with Crippen LogP contribution in [0.1, 0.15) is 21.7 Å². The molecule has 0 aliphatic heterocycles. The van der Waals surface area contributed by atoms with Crippen molar-refractivity contribution in [2.75, 3.05) is 12.4 Å². The molecule has 0 spiro atoms. The Kier molecular flexibility index (Phi) is 3.85. The fourth-order valence-corrected chi connectivity index (χ4v) is 1.79. The molecule has 19 heavy (non-hydrogen) atoms. The van der Waals surface area contributed by atoms with Gasteiger partial charge in [0.1, 0.15) is 11.5 Å². The van der Waals surface area contributed by atoms with Crippen molar-refractivity contribution < 1.29 is 13.9 Å². The van der Waals surface area contributed by atoms with Crippen molar-refractivity contribution in [1.29, 1.82) is 0 Å². The van der Waals surface area contributed by atoms with Crippen molar-refractivity contribution in [3.63, 3.8) is 0 Å². The number of carbonyl (C=O) groups excluding carboxylic acids is 1. The maximum absolute atomic E-state index is 13.0. The Hall–Kier alpha value is -2.30. The number of halogens is 1. The summed E-state index contributed by atoms with van der Waals surface area (Å²) in [7, 11) is 1.34. The average molecular weight is 262 g/mol. The molecule has 0 aliphatic rings. The summed E-state index contributed by atoms with van der Waals surface area (Å²) in [5, 5.41) is 3.18.